The van der Waals surface area contributed by atoms with Gasteiger partial charge in [-0.25, -0.2) is 0 Å². The second-order valence-corrected chi connectivity index (χ2v) is 13.6. The summed E-state index contributed by atoms with van der Waals surface area (Å²) in [5.41, 5.74) is 8.32. The van der Waals surface area contributed by atoms with E-state index in [1.807, 2.05) is 12.3 Å². The molecule has 0 unspecified atom stereocenters. The van der Waals surface area contributed by atoms with Crippen molar-refractivity contribution in [3.05, 3.63) is 164 Å². The molecule has 3 nitrogen and oxygen atoms in total. The average molecular weight is 634 g/mol. The van der Waals surface area contributed by atoms with Crippen molar-refractivity contribution in [2.24, 2.45) is 0 Å². The number of hydrogen-bond acceptors (Lipinski definition) is 1. The first-order valence-corrected chi connectivity index (χ1v) is 17.2. The minimum absolute atomic E-state index is 1.03. The second kappa shape index (κ2) is 9.46. The number of fused-ring (bicyclic) bond motifs is 18. The van der Waals surface area contributed by atoms with Crippen molar-refractivity contribution in [1.29, 1.82) is 0 Å². The molecule has 50 heavy (non-hydrogen) atoms. The number of pyridine rings is 3. The lowest BCUT2D eigenvalue weighted by molar-refractivity contribution is 1.27. The van der Waals surface area contributed by atoms with E-state index in [0.717, 1.165) is 11.0 Å². The smallest absolute Gasteiger partial charge is 0.0949 e. The highest BCUT2D eigenvalue weighted by atomic mass is 14.9. The van der Waals surface area contributed by atoms with Crippen molar-refractivity contribution in [3.63, 3.8) is 0 Å². The summed E-state index contributed by atoms with van der Waals surface area (Å²) in [5, 5.41) is 16.2. The van der Waals surface area contributed by atoms with Gasteiger partial charge in [0.05, 0.1) is 27.6 Å². The summed E-state index contributed by atoms with van der Waals surface area (Å²) in [5.74, 6) is 0. The van der Waals surface area contributed by atoms with Crippen LogP contribution in [0.4, 0.5) is 0 Å². The Bertz CT molecular complexity index is 3440. The zero-order valence-electron chi connectivity index (χ0n) is 26.9. The Labute approximate surface area is 285 Å². The van der Waals surface area contributed by atoms with Crippen molar-refractivity contribution in [3.8, 4) is 11.1 Å². The fourth-order valence-electron chi connectivity index (χ4n) is 8.80. The molecule has 12 rings (SSSR count). The third-order valence-electron chi connectivity index (χ3n) is 11.0. The summed E-state index contributed by atoms with van der Waals surface area (Å²) < 4.78 is 4.74. The highest BCUT2D eigenvalue weighted by Crippen LogP contribution is 2.41. The van der Waals surface area contributed by atoms with Gasteiger partial charge in [-0.15, -0.1) is 0 Å². The molecule has 7 aromatic carbocycles. The molecule has 0 aliphatic carbocycles. The highest BCUT2D eigenvalue weighted by Gasteiger charge is 2.18. The van der Waals surface area contributed by atoms with Crippen LogP contribution < -0.4 is 0 Å². The summed E-state index contributed by atoms with van der Waals surface area (Å²) in [7, 11) is 0. The van der Waals surface area contributed by atoms with Crippen molar-refractivity contribution >= 4 is 97.6 Å². The Morgan fingerprint density at radius 3 is 1.88 bits per heavy atom. The topological polar surface area (TPSA) is 21.7 Å². The van der Waals surface area contributed by atoms with Crippen LogP contribution in [0.2, 0.25) is 0 Å². The highest BCUT2D eigenvalue weighted by molar-refractivity contribution is 6.24. The van der Waals surface area contributed by atoms with Crippen molar-refractivity contribution in [1.82, 2.24) is 13.8 Å². The van der Waals surface area contributed by atoms with E-state index in [0.29, 0.717) is 0 Å². The quantitative estimate of drug-likeness (QED) is 0.130. The van der Waals surface area contributed by atoms with E-state index in [4.69, 9.17) is 4.98 Å². The van der Waals surface area contributed by atoms with Crippen LogP contribution in [0.5, 0.6) is 0 Å². The molecule has 0 radical (unpaired) electrons. The van der Waals surface area contributed by atoms with Crippen LogP contribution >= 0.6 is 0 Å². The summed E-state index contributed by atoms with van der Waals surface area (Å²) in [6, 6.07) is 53.6. The lowest BCUT2D eigenvalue weighted by atomic mass is 9.94. The Balaban J connectivity index is 1.15. The van der Waals surface area contributed by atoms with Gasteiger partial charge in [0.1, 0.15) is 0 Å². The molecule has 5 heterocycles. The molecular weight excluding hydrogens is 607 g/mol. The molecule has 0 aliphatic rings. The zero-order chi connectivity index (χ0) is 32.5. The Hall–Kier alpha value is -6.71. The maximum atomic E-state index is 4.91. The molecule has 0 aliphatic heterocycles. The van der Waals surface area contributed by atoms with Gasteiger partial charge in [0, 0.05) is 61.7 Å². The lowest BCUT2D eigenvalue weighted by Crippen LogP contribution is -1.91. The molecule has 5 aromatic heterocycles. The van der Waals surface area contributed by atoms with E-state index in [1.165, 1.54) is 97.7 Å². The maximum Gasteiger partial charge on any atom is 0.0949 e. The van der Waals surface area contributed by atoms with E-state index in [1.54, 1.807) is 0 Å². The standard InChI is InChI=1S/C47H27N3/c1-2-10-29-23-41-39(22-28(29)9-1)45-44(17-8-20-48-45)50-27-42-34(14-7-15-37(42)47(41)50)31-19-18-30-24-40-38(25-33(30)21-31)36-13-5-6-16-43(36)49-26-32-11-3-4-12-35(32)46(40)49/h1-27H. The van der Waals surface area contributed by atoms with Crippen LogP contribution in [0.25, 0.3) is 109 Å². The minimum atomic E-state index is 1.03. The van der Waals surface area contributed by atoms with Gasteiger partial charge in [-0.3, -0.25) is 4.98 Å². The Morgan fingerprint density at radius 2 is 1.00 bits per heavy atom. The molecule has 0 amide bonds. The molecule has 0 bridgehead atoms. The van der Waals surface area contributed by atoms with Crippen LogP contribution in [-0.2, 0) is 0 Å². The van der Waals surface area contributed by atoms with Crippen LogP contribution in [0.15, 0.2) is 164 Å². The molecule has 0 atom stereocenters. The van der Waals surface area contributed by atoms with Crippen LogP contribution in [-0.4, -0.2) is 13.8 Å². The maximum absolute atomic E-state index is 4.91. The predicted octanol–water partition coefficient (Wildman–Crippen LogP) is 12.5. The number of rotatable bonds is 1. The summed E-state index contributed by atoms with van der Waals surface area (Å²) >= 11 is 0. The van der Waals surface area contributed by atoms with E-state index in [-0.39, 0.29) is 0 Å². The third kappa shape index (κ3) is 3.41. The van der Waals surface area contributed by atoms with Crippen LogP contribution in [0.1, 0.15) is 0 Å². The lowest BCUT2D eigenvalue weighted by Gasteiger charge is -2.12. The summed E-state index contributed by atoms with van der Waals surface area (Å²) in [6.07, 6.45) is 6.52. The third-order valence-corrected chi connectivity index (χ3v) is 11.0. The first-order valence-electron chi connectivity index (χ1n) is 17.2. The molecule has 3 heteroatoms. The number of aromatic nitrogens is 3. The second-order valence-electron chi connectivity index (χ2n) is 13.6. The summed E-state index contributed by atoms with van der Waals surface area (Å²) in [6.45, 7) is 0. The van der Waals surface area contributed by atoms with Crippen molar-refractivity contribution < 1.29 is 0 Å². The van der Waals surface area contributed by atoms with Gasteiger partial charge in [0.25, 0.3) is 0 Å². The minimum Gasteiger partial charge on any atom is -0.315 e. The molecule has 0 fully saturated rings. The Morgan fingerprint density at radius 1 is 0.360 bits per heavy atom. The van der Waals surface area contributed by atoms with E-state index >= 15 is 0 Å². The van der Waals surface area contributed by atoms with Crippen LogP contribution in [0.3, 0.4) is 0 Å². The van der Waals surface area contributed by atoms with Gasteiger partial charge in [0.2, 0.25) is 0 Å². The monoisotopic (exact) mass is 633 g/mol. The molecule has 12 aromatic rings. The van der Waals surface area contributed by atoms with Crippen LogP contribution in [0, 0.1) is 0 Å². The molecule has 0 saturated carbocycles. The van der Waals surface area contributed by atoms with Gasteiger partial charge in [0.15, 0.2) is 0 Å². The van der Waals surface area contributed by atoms with Gasteiger partial charge < -0.3 is 8.80 Å². The normalized spacial score (nSPS) is 12.4. The van der Waals surface area contributed by atoms with Crippen molar-refractivity contribution in [2.45, 2.75) is 0 Å². The van der Waals surface area contributed by atoms with Gasteiger partial charge in [-0.1, -0.05) is 97.1 Å². The van der Waals surface area contributed by atoms with E-state index < -0.39 is 0 Å². The SMILES string of the molecule is c1ccc2cc3c(cc2c1)c1ncccc1n1cc2c(-c4ccc5cc6c(cc5c4)c4ccccc4n4cc5ccccc5c64)cccc2c31. The molecule has 0 saturated heterocycles. The van der Waals surface area contributed by atoms with Gasteiger partial charge in [-0.05, 0) is 86.6 Å². The number of para-hydroxylation sites is 1. The first kappa shape index (κ1) is 26.3. The van der Waals surface area contributed by atoms with E-state index in [9.17, 15) is 0 Å². The van der Waals surface area contributed by atoms with E-state index in [2.05, 4.69) is 161 Å². The first-order chi connectivity index (χ1) is 24.8. The van der Waals surface area contributed by atoms with Gasteiger partial charge >= 0.3 is 0 Å². The molecule has 0 spiro atoms. The van der Waals surface area contributed by atoms with Crippen molar-refractivity contribution in [2.75, 3.05) is 0 Å². The average Bonchev–Trinajstić information content (AvgIpc) is 3.77. The van der Waals surface area contributed by atoms with Gasteiger partial charge in [-0.2, -0.15) is 0 Å². The largest absolute Gasteiger partial charge is 0.315 e. The fourth-order valence-corrected chi connectivity index (χ4v) is 8.80. The molecule has 230 valence electrons. The molecule has 0 N–H and O–H groups in total. The predicted molar refractivity (Wildman–Crippen MR) is 212 cm³/mol. The number of benzene rings is 7. The number of nitrogens with zero attached hydrogens (tertiary/aromatic N) is 3. The Kier molecular flexibility index (Phi) is 4.97. The fraction of sp³-hybridized carbons (Fsp3) is 0. The molecular formula is C47H27N3. The zero-order valence-corrected chi connectivity index (χ0v) is 26.9. The number of hydrogen-bond donors (Lipinski definition) is 0. The summed E-state index contributed by atoms with van der Waals surface area (Å²) in [4.78, 5) is 4.91.